The Bertz CT molecular complexity index is 407. The van der Waals surface area contributed by atoms with E-state index in [4.69, 9.17) is 22.1 Å². The van der Waals surface area contributed by atoms with Crippen LogP contribution in [0.25, 0.3) is 0 Å². The van der Waals surface area contributed by atoms with Crippen LogP contribution in [0.4, 0.5) is 0 Å². The number of hydrogen-bond donors (Lipinski definition) is 2. The van der Waals surface area contributed by atoms with Gasteiger partial charge < -0.3 is 15.8 Å². The van der Waals surface area contributed by atoms with Crippen LogP contribution in [0, 0.1) is 5.92 Å². The van der Waals surface area contributed by atoms with E-state index in [9.17, 15) is 0 Å². The molecule has 1 aromatic carbocycles. The molecule has 0 bridgehead atoms. The second-order valence-corrected chi connectivity index (χ2v) is 5.59. The molecule has 3 nitrogen and oxygen atoms in total. The molecule has 0 aromatic heterocycles. The van der Waals surface area contributed by atoms with E-state index >= 15 is 0 Å². The minimum Gasteiger partial charge on any atom is -0.496 e. The van der Waals surface area contributed by atoms with E-state index in [1.165, 1.54) is 25.7 Å². The van der Waals surface area contributed by atoms with Gasteiger partial charge in [0.15, 0.2) is 0 Å². The largest absolute Gasteiger partial charge is 0.496 e. The maximum absolute atomic E-state index is 6.29. The van der Waals surface area contributed by atoms with Crippen LogP contribution in [-0.4, -0.2) is 20.2 Å². The average Bonchev–Trinajstić information content (AvgIpc) is 2.37. The van der Waals surface area contributed by atoms with Crippen molar-refractivity contribution < 1.29 is 4.74 Å². The molecule has 1 aromatic rings. The quantitative estimate of drug-likeness (QED) is 0.808. The van der Waals surface area contributed by atoms with Crippen molar-refractivity contribution in [2.75, 3.05) is 20.2 Å². The molecule has 0 heterocycles. The molecule has 1 atom stereocenters. The second-order valence-electron chi connectivity index (χ2n) is 5.18. The first kappa shape index (κ1) is 14.6. The van der Waals surface area contributed by atoms with Gasteiger partial charge in [-0.05, 0) is 31.0 Å². The van der Waals surface area contributed by atoms with Crippen molar-refractivity contribution in [3.05, 3.63) is 28.8 Å². The van der Waals surface area contributed by atoms with Crippen LogP contribution < -0.4 is 15.8 Å². The Balaban J connectivity index is 1.99. The van der Waals surface area contributed by atoms with Crippen LogP contribution in [0.2, 0.25) is 5.02 Å². The van der Waals surface area contributed by atoms with Gasteiger partial charge in [0.25, 0.3) is 0 Å². The smallest absolute Gasteiger partial charge is 0.125 e. The second kappa shape index (κ2) is 7.13. The lowest BCUT2D eigenvalue weighted by atomic mass is 9.83. The lowest BCUT2D eigenvalue weighted by Gasteiger charge is -2.27. The fourth-order valence-electron chi connectivity index (χ4n) is 2.58. The van der Waals surface area contributed by atoms with Crippen molar-refractivity contribution in [2.45, 2.75) is 31.7 Å². The first-order valence-corrected chi connectivity index (χ1v) is 7.40. The van der Waals surface area contributed by atoms with Crippen LogP contribution in [-0.2, 0) is 0 Å². The maximum Gasteiger partial charge on any atom is 0.125 e. The molecule has 1 saturated carbocycles. The van der Waals surface area contributed by atoms with Gasteiger partial charge in [0.2, 0.25) is 0 Å². The molecule has 1 aliphatic carbocycles. The van der Waals surface area contributed by atoms with Gasteiger partial charge >= 0.3 is 0 Å². The minimum absolute atomic E-state index is 0.0590. The fourth-order valence-corrected chi connectivity index (χ4v) is 2.88. The Morgan fingerprint density at radius 1 is 1.47 bits per heavy atom. The zero-order valence-electron chi connectivity index (χ0n) is 11.5. The normalized spacial score (nSPS) is 17.0. The molecule has 0 spiro atoms. The summed E-state index contributed by atoms with van der Waals surface area (Å²) < 4.78 is 5.39. The highest BCUT2D eigenvalue weighted by Gasteiger charge is 2.20. The lowest BCUT2D eigenvalue weighted by molar-refractivity contribution is 0.287. The molecule has 3 N–H and O–H groups in total. The van der Waals surface area contributed by atoms with Crippen molar-refractivity contribution in [3.8, 4) is 5.75 Å². The van der Waals surface area contributed by atoms with E-state index in [1.807, 2.05) is 18.2 Å². The Hall–Kier alpha value is -0.770. The Labute approximate surface area is 120 Å². The Morgan fingerprint density at radius 3 is 2.84 bits per heavy atom. The molecule has 0 amide bonds. The number of halogens is 1. The average molecular weight is 283 g/mol. The number of rotatable bonds is 7. The maximum atomic E-state index is 6.29. The summed E-state index contributed by atoms with van der Waals surface area (Å²) in [5.74, 6) is 1.71. The third kappa shape index (κ3) is 3.62. The molecule has 2 rings (SSSR count). The molecular formula is C15H23ClN2O. The Kier molecular flexibility index (Phi) is 5.49. The molecule has 0 aliphatic heterocycles. The van der Waals surface area contributed by atoms with Gasteiger partial charge in [0, 0.05) is 23.2 Å². The molecule has 1 aliphatic rings. The van der Waals surface area contributed by atoms with Crippen LogP contribution >= 0.6 is 11.6 Å². The SMILES string of the molecule is COc1cccc(Cl)c1C(CN)NCCC1CCC1. The predicted octanol–water partition coefficient (Wildman–Crippen LogP) is 3.13. The number of ether oxygens (including phenoxy) is 1. The number of hydrogen-bond acceptors (Lipinski definition) is 3. The van der Waals surface area contributed by atoms with Gasteiger partial charge in [-0.25, -0.2) is 0 Å². The van der Waals surface area contributed by atoms with E-state index in [0.29, 0.717) is 11.6 Å². The summed E-state index contributed by atoms with van der Waals surface area (Å²) in [6.07, 6.45) is 5.38. The third-order valence-corrected chi connectivity index (χ3v) is 4.31. The summed E-state index contributed by atoms with van der Waals surface area (Å²) in [5.41, 5.74) is 6.86. The molecule has 1 unspecified atom stereocenters. The van der Waals surface area contributed by atoms with Crippen molar-refractivity contribution in [1.29, 1.82) is 0 Å². The predicted molar refractivity (Wildman–Crippen MR) is 79.8 cm³/mol. The monoisotopic (exact) mass is 282 g/mol. The topological polar surface area (TPSA) is 47.3 Å². The molecule has 1 fully saturated rings. The summed E-state index contributed by atoms with van der Waals surface area (Å²) in [6, 6.07) is 5.77. The zero-order chi connectivity index (χ0) is 13.7. The van der Waals surface area contributed by atoms with Crippen LogP contribution in [0.3, 0.4) is 0 Å². The van der Waals surface area contributed by atoms with Gasteiger partial charge in [-0.1, -0.05) is 36.9 Å². The molecule has 19 heavy (non-hydrogen) atoms. The van der Waals surface area contributed by atoms with Crippen molar-refractivity contribution >= 4 is 11.6 Å². The van der Waals surface area contributed by atoms with E-state index < -0.39 is 0 Å². The standard InChI is InChI=1S/C15H23ClN2O/c1-19-14-7-3-6-12(16)15(14)13(10-17)18-9-8-11-4-2-5-11/h3,6-7,11,13,18H,2,4-5,8-10,17H2,1H3. The van der Waals surface area contributed by atoms with E-state index in [1.54, 1.807) is 7.11 Å². The zero-order valence-corrected chi connectivity index (χ0v) is 12.2. The van der Waals surface area contributed by atoms with Gasteiger partial charge in [0.1, 0.15) is 5.75 Å². The molecule has 106 valence electrons. The van der Waals surface area contributed by atoms with E-state index in [2.05, 4.69) is 5.32 Å². The molecule has 0 radical (unpaired) electrons. The summed E-state index contributed by atoms with van der Waals surface area (Å²) >= 11 is 6.29. The van der Waals surface area contributed by atoms with Crippen molar-refractivity contribution in [2.24, 2.45) is 11.7 Å². The fraction of sp³-hybridized carbons (Fsp3) is 0.600. The van der Waals surface area contributed by atoms with Crippen molar-refractivity contribution in [1.82, 2.24) is 5.32 Å². The Morgan fingerprint density at radius 2 is 2.26 bits per heavy atom. The van der Waals surface area contributed by atoms with Gasteiger partial charge in [-0.2, -0.15) is 0 Å². The summed E-state index contributed by atoms with van der Waals surface area (Å²) in [4.78, 5) is 0. The number of benzene rings is 1. The van der Waals surface area contributed by atoms with Gasteiger partial charge in [-0.3, -0.25) is 0 Å². The number of methoxy groups -OCH3 is 1. The highest BCUT2D eigenvalue weighted by Crippen LogP contribution is 2.32. The van der Waals surface area contributed by atoms with E-state index in [-0.39, 0.29) is 6.04 Å². The van der Waals surface area contributed by atoms with Crippen LogP contribution in [0.15, 0.2) is 18.2 Å². The van der Waals surface area contributed by atoms with Crippen molar-refractivity contribution in [3.63, 3.8) is 0 Å². The number of nitrogens with two attached hydrogens (primary N) is 1. The first-order chi connectivity index (χ1) is 9.26. The molecule has 0 saturated heterocycles. The van der Waals surface area contributed by atoms with E-state index in [0.717, 1.165) is 23.8 Å². The molecular weight excluding hydrogens is 260 g/mol. The number of nitrogens with one attached hydrogen (secondary N) is 1. The van der Waals surface area contributed by atoms with Crippen LogP contribution in [0.1, 0.15) is 37.3 Å². The summed E-state index contributed by atoms with van der Waals surface area (Å²) in [6.45, 7) is 1.51. The first-order valence-electron chi connectivity index (χ1n) is 7.02. The van der Waals surface area contributed by atoms with Gasteiger partial charge in [0.05, 0.1) is 7.11 Å². The molecule has 4 heteroatoms. The summed E-state index contributed by atoms with van der Waals surface area (Å²) in [7, 11) is 1.66. The third-order valence-electron chi connectivity index (χ3n) is 3.99. The lowest BCUT2D eigenvalue weighted by Crippen LogP contribution is -2.31. The minimum atomic E-state index is 0.0590. The van der Waals surface area contributed by atoms with Gasteiger partial charge in [-0.15, -0.1) is 0 Å². The van der Waals surface area contributed by atoms with Crippen LogP contribution in [0.5, 0.6) is 5.75 Å². The summed E-state index contributed by atoms with van der Waals surface area (Å²) in [5, 5.41) is 4.22. The highest BCUT2D eigenvalue weighted by atomic mass is 35.5. The highest BCUT2D eigenvalue weighted by molar-refractivity contribution is 6.31.